The molecule has 2 unspecified atom stereocenters. The zero-order valence-electron chi connectivity index (χ0n) is 61.8. The molecule has 0 amide bonds. The molecule has 0 saturated carbocycles. The topological polar surface area (TPSA) is 237 Å². The van der Waals surface area contributed by atoms with Crippen LogP contribution in [0.25, 0.3) is 0 Å². The van der Waals surface area contributed by atoms with Crippen LogP contribution in [0.3, 0.4) is 0 Å². The van der Waals surface area contributed by atoms with Gasteiger partial charge in [0.15, 0.2) is 12.2 Å². The van der Waals surface area contributed by atoms with Crippen LogP contribution in [0.1, 0.15) is 401 Å². The number of ether oxygens (including phenoxy) is 4. The van der Waals surface area contributed by atoms with Gasteiger partial charge in [0, 0.05) is 25.7 Å². The maximum atomic E-state index is 13.1. The van der Waals surface area contributed by atoms with Crippen LogP contribution in [0.15, 0.2) is 0 Å². The van der Waals surface area contributed by atoms with Gasteiger partial charge in [-0.15, -0.1) is 0 Å². The molecule has 0 aromatic heterocycles. The standard InChI is InChI=1S/C76H148O17P2/c1-6-9-12-15-18-21-24-25-33-36-41-45-50-55-60-74(79)87-66-72(93-76(81)62-57-52-47-42-37-34-31-29-27-26-28-30-32-35-38-43-48-53-58-69(4)5)68-91-95(84,85)89-64-70(77)63-88-94(82,83)90-67-71(92-75(80)61-56-51-46-40-23-20-17-14-11-8-3)65-86-73(78)59-54-49-44-39-22-19-16-13-10-7-2/h69-72,77H,6-68H2,1-5H3,(H,82,83)(H,84,85)/t70-,71+,72+/m0/s1. The van der Waals surface area contributed by atoms with Crippen LogP contribution >= 0.6 is 15.6 Å². The van der Waals surface area contributed by atoms with Gasteiger partial charge in [-0.3, -0.25) is 37.3 Å². The number of aliphatic hydroxyl groups is 1. The molecule has 0 saturated heterocycles. The van der Waals surface area contributed by atoms with E-state index in [1.165, 1.54) is 225 Å². The third kappa shape index (κ3) is 70.3. The van der Waals surface area contributed by atoms with E-state index >= 15 is 0 Å². The van der Waals surface area contributed by atoms with Crippen molar-refractivity contribution in [1.29, 1.82) is 0 Å². The summed E-state index contributed by atoms with van der Waals surface area (Å²) in [5.74, 6) is -1.29. The molecule has 0 aliphatic heterocycles. The number of rotatable bonds is 76. The molecule has 0 radical (unpaired) electrons. The second-order valence-electron chi connectivity index (χ2n) is 27.9. The molecule has 0 bridgehead atoms. The van der Waals surface area contributed by atoms with Crippen molar-refractivity contribution < 1.29 is 80.2 Å². The fourth-order valence-corrected chi connectivity index (χ4v) is 13.3. The van der Waals surface area contributed by atoms with Crippen molar-refractivity contribution in [3.8, 4) is 0 Å². The van der Waals surface area contributed by atoms with Crippen molar-refractivity contribution in [2.24, 2.45) is 5.92 Å². The van der Waals surface area contributed by atoms with Crippen LogP contribution in [0.5, 0.6) is 0 Å². The lowest BCUT2D eigenvalue weighted by Crippen LogP contribution is -2.30. The monoisotopic (exact) mass is 1400 g/mol. The lowest BCUT2D eigenvalue weighted by atomic mass is 10.0. The third-order valence-electron chi connectivity index (χ3n) is 17.8. The molecule has 0 aromatic rings. The highest BCUT2D eigenvalue weighted by Crippen LogP contribution is 2.45. The quantitative estimate of drug-likeness (QED) is 0.0222. The van der Waals surface area contributed by atoms with Gasteiger partial charge in [-0.05, 0) is 31.6 Å². The number of aliphatic hydroxyl groups excluding tert-OH is 1. The van der Waals surface area contributed by atoms with Crippen LogP contribution in [-0.4, -0.2) is 96.7 Å². The molecular weight excluding hydrogens is 1250 g/mol. The lowest BCUT2D eigenvalue weighted by Gasteiger charge is -2.21. The first-order chi connectivity index (χ1) is 46.0. The van der Waals surface area contributed by atoms with Gasteiger partial charge < -0.3 is 33.8 Å². The Morgan fingerprint density at radius 2 is 0.484 bits per heavy atom. The predicted molar refractivity (Wildman–Crippen MR) is 386 cm³/mol. The number of carbonyl (C=O) groups excluding carboxylic acids is 4. The van der Waals surface area contributed by atoms with Crippen molar-refractivity contribution in [2.45, 2.75) is 419 Å². The van der Waals surface area contributed by atoms with Gasteiger partial charge in [-0.25, -0.2) is 9.13 Å². The van der Waals surface area contributed by atoms with Gasteiger partial charge in [-0.2, -0.15) is 0 Å². The molecule has 0 rings (SSSR count). The van der Waals surface area contributed by atoms with Gasteiger partial charge >= 0.3 is 39.5 Å². The predicted octanol–water partition coefficient (Wildman–Crippen LogP) is 22.5. The summed E-state index contributed by atoms with van der Waals surface area (Å²) in [7, 11) is -9.90. The number of phosphoric ester groups is 2. The molecule has 0 aromatic carbocycles. The Bertz CT molecular complexity index is 1820. The first-order valence-corrected chi connectivity index (χ1v) is 42.6. The first kappa shape index (κ1) is 93.1. The van der Waals surface area contributed by atoms with E-state index in [0.717, 1.165) is 95.8 Å². The molecule has 19 heteroatoms. The highest BCUT2D eigenvalue weighted by Gasteiger charge is 2.30. The Morgan fingerprint density at radius 1 is 0.284 bits per heavy atom. The molecule has 0 aliphatic rings. The number of hydrogen-bond acceptors (Lipinski definition) is 15. The maximum absolute atomic E-state index is 13.1. The highest BCUT2D eigenvalue weighted by molar-refractivity contribution is 7.47. The molecular formula is C76H148O17P2. The van der Waals surface area contributed by atoms with Crippen molar-refractivity contribution >= 4 is 39.5 Å². The number of esters is 4. The zero-order chi connectivity index (χ0) is 69.8. The average Bonchev–Trinajstić information content (AvgIpc) is 2.44. The summed E-state index contributed by atoms with van der Waals surface area (Å²) in [6.45, 7) is 7.31. The van der Waals surface area contributed by atoms with Crippen molar-refractivity contribution in [3.05, 3.63) is 0 Å². The summed E-state index contributed by atoms with van der Waals surface area (Å²) in [6, 6.07) is 0. The number of carbonyl (C=O) groups is 4. The Hall–Kier alpha value is -1.94. The number of unbranched alkanes of at least 4 members (excludes halogenated alkanes) is 48. The van der Waals surface area contributed by atoms with E-state index in [1.807, 2.05) is 0 Å². The lowest BCUT2D eigenvalue weighted by molar-refractivity contribution is -0.161. The fourth-order valence-electron chi connectivity index (χ4n) is 11.7. The van der Waals surface area contributed by atoms with E-state index in [-0.39, 0.29) is 25.7 Å². The van der Waals surface area contributed by atoms with E-state index in [4.69, 9.17) is 37.0 Å². The SMILES string of the molecule is CCCCCCCCCCCCCCCCC(=O)OC[C@H](COP(=O)(O)OC[C@@H](O)COP(=O)(O)OC[C@@H](COC(=O)CCCCCCCCCCCC)OC(=O)CCCCCCCCCCCC)OC(=O)CCCCCCCCCCCCCCCCCCCCC(C)C. The number of phosphoric acid groups is 2. The van der Waals surface area contributed by atoms with Gasteiger partial charge in [0.1, 0.15) is 19.3 Å². The average molecular weight is 1400 g/mol. The van der Waals surface area contributed by atoms with Crippen molar-refractivity contribution in [2.75, 3.05) is 39.6 Å². The normalized spacial score (nSPS) is 13.9. The van der Waals surface area contributed by atoms with Gasteiger partial charge in [0.05, 0.1) is 26.4 Å². The molecule has 564 valence electrons. The molecule has 95 heavy (non-hydrogen) atoms. The molecule has 0 heterocycles. The zero-order valence-corrected chi connectivity index (χ0v) is 63.6. The summed E-state index contributed by atoms with van der Waals surface area (Å²) in [5.41, 5.74) is 0. The summed E-state index contributed by atoms with van der Waals surface area (Å²) < 4.78 is 68.4. The maximum Gasteiger partial charge on any atom is 0.472 e. The molecule has 3 N–H and O–H groups in total. The van der Waals surface area contributed by atoms with E-state index in [0.29, 0.717) is 25.7 Å². The largest absolute Gasteiger partial charge is 0.472 e. The van der Waals surface area contributed by atoms with E-state index in [1.54, 1.807) is 0 Å². The second kappa shape index (κ2) is 69.2. The highest BCUT2D eigenvalue weighted by atomic mass is 31.2. The van der Waals surface area contributed by atoms with Crippen LogP contribution in [-0.2, 0) is 65.4 Å². The fraction of sp³-hybridized carbons (Fsp3) is 0.947. The summed E-state index contributed by atoms with van der Waals surface area (Å²) in [6.07, 6.45) is 58.2. The minimum Gasteiger partial charge on any atom is -0.462 e. The van der Waals surface area contributed by atoms with E-state index < -0.39 is 97.5 Å². The van der Waals surface area contributed by atoms with Gasteiger partial charge in [-0.1, -0.05) is 349 Å². The van der Waals surface area contributed by atoms with E-state index in [2.05, 4.69) is 34.6 Å². The van der Waals surface area contributed by atoms with Crippen molar-refractivity contribution in [1.82, 2.24) is 0 Å². The summed E-state index contributed by atoms with van der Waals surface area (Å²) in [4.78, 5) is 72.7. The van der Waals surface area contributed by atoms with Crippen LogP contribution in [0.4, 0.5) is 0 Å². The second-order valence-corrected chi connectivity index (χ2v) is 30.8. The Labute approximate surface area is 581 Å². The Balaban J connectivity index is 5.18. The first-order valence-electron chi connectivity index (χ1n) is 39.6. The Morgan fingerprint density at radius 3 is 0.716 bits per heavy atom. The third-order valence-corrected chi connectivity index (χ3v) is 19.7. The summed E-state index contributed by atoms with van der Waals surface area (Å²) in [5, 5.41) is 10.6. The minimum absolute atomic E-state index is 0.107. The van der Waals surface area contributed by atoms with Crippen LogP contribution in [0, 0.1) is 5.92 Å². The van der Waals surface area contributed by atoms with E-state index in [9.17, 15) is 43.2 Å². The molecule has 0 spiro atoms. The minimum atomic E-state index is -4.96. The van der Waals surface area contributed by atoms with Gasteiger partial charge in [0.2, 0.25) is 0 Å². The summed E-state index contributed by atoms with van der Waals surface area (Å²) >= 11 is 0. The molecule has 17 nitrogen and oxygen atoms in total. The Kier molecular flexibility index (Phi) is 67.7. The smallest absolute Gasteiger partial charge is 0.462 e. The molecule has 0 fully saturated rings. The number of hydrogen-bond donors (Lipinski definition) is 3. The molecule has 5 atom stereocenters. The van der Waals surface area contributed by atoms with Gasteiger partial charge in [0.25, 0.3) is 0 Å². The van der Waals surface area contributed by atoms with Crippen molar-refractivity contribution in [3.63, 3.8) is 0 Å². The van der Waals surface area contributed by atoms with Crippen LogP contribution < -0.4 is 0 Å². The van der Waals surface area contributed by atoms with Crippen LogP contribution in [0.2, 0.25) is 0 Å². The molecule has 0 aliphatic carbocycles.